The Hall–Kier alpha value is -4.93. The van der Waals surface area contributed by atoms with E-state index in [9.17, 15) is 4.79 Å². The smallest absolute Gasteiger partial charge is 0.224 e. The number of hydrogen-bond donors (Lipinski definition) is 4. The molecule has 0 spiro atoms. The number of aromatic amines is 3. The molecular weight excluding hydrogens is 444 g/mol. The molecule has 0 saturated heterocycles. The Balaban J connectivity index is 1.43. The molecule has 6 rings (SSSR count). The first kappa shape index (κ1) is 20.7. The van der Waals surface area contributed by atoms with Gasteiger partial charge in [0.05, 0.1) is 46.6 Å². The van der Waals surface area contributed by atoms with Crippen LogP contribution in [0.25, 0.3) is 56.1 Å². The van der Waals surface area contributed by atoms with Gasteiger partial charge in [0.25, 0.3) is 0 Å². The van der Waals surface area contributed by atoms with Crippen molar-refractivity contribution in [2.75, 3.05) is 5.32 Å². The lowest BCUT2D eigenvalue weighted by atomic mass is 10.1. The summed E-state index contributed by atoms with van der Waals surface area (Å²) in [5.41, 5.74) is 6.81. The number of H-pyrrole nitrogens is 3. The minimum Gasteiger partial charge on any atom is -0.342 e. The summed E-state index contributed by atoms with van der Waals surface area (Å²) in [5, 5.41) is 11.2. The summed E-state index contributed by atoms with van der Waals surface area (Å²) in [6, 6.07) is 3.78. The molecule has 0 aliphatic rings. The van der Waals surface area contributed by atoms with Gasteiger partial charge in [-0.05, 0) is 19.1 Å². The molecule has 11 heteroatoms. The highest BCUT2D eigenvalue weighted by Crippen LogP contribution is 2.31. The van der Waals surface area contributed by atoms with Crippen LogP contribution in [-0.2, 0) is 4.79 Å². The number of nitrogens with zero attached hydrogens (tertiary/aromatic N) is 6. The van der Waals surface area contributed by atoms with Gasteiger partial charge in [-0.15, -0.1) is 0 Å². The van der Waals surface area contributed by atoms with E-state index in [0.717, 1.165) is 38.8 Å². The highest BCUT2D eigenvalue weighted by atomic mass is 16.1. The van der Waals surface area contributed by atoms with Crippen LogP contribution in [0.1, 0.15) is 19.0 Å². The number of rotatable bonds is 5. The molecule has 0 radical (unpaired) electrons. The van der Waals surface area contributed by atoms with E-state index in [0.29, 0.717) is 35.1 Å². The van der Waals surface area contributed by atoms with Crippen molar-refractivity contribution in [2.24, 2.45) is 0 Å². The second-order valence-electron chi connectivity index (χ2n) is 8.13. The van der Waals surface area contributed by atoms with Gasteiger partial charge in [-0.3, -0.25) is 24.8 Å². The molecule has 172 valence electrons. The summed E-state index contributed by atoms with van der Waals surface area (Å²) >= 11 is 0. The van der Waals surface area contributed by atoms with Crippen molar-refractivity contribution in [1.82, 2.24) is 45.1 Å². The van der Waals surface area contributed by atoms with Crippen LogP contribution in [0.2, 0.25) is 0 Å². The first-order valence-corrected chi connectivity index (χ1v) is 11.0. The Labute approximate surface area is 198 Å². The largest absolute Gasteiger partial charge is 0.342 e. The lowest BCUT2D eigenvalue weighted by Crippen LogP contribution is -2.09. The summed E-state index contributed by atoms with van der Waals surface area (Å²) in [4.78, 5) is 40.7. The van der Waals surface area contributed by atoms with Crippen molar-refractivity contribution >= 4 is 33.5 Å². The molecular formula is C24H20N10O. The molecule has 11 nitrogen and oxygen atoms in total. The Kier molecular flexibility index (Phi) is 4.80. The number of imidazole rings is 2. The van der Waals surface area contributed by atoms with Crippen molar-refractivity contribution in [3.8, 4) is 34.2 Å². The Bertz CT molecular complexity index is 1710. The second kappa shape index (κ2) is 8.13. The van der Waals surface area contributed by atoms with Crippen molar-refractivity contribution in [1.29, 1.82) is 0 Å². The topological polar surface area (TPSA) is 154 Å². The van der Waals surface area contributed by atoms with E-state index in [4.69, 9.17) is 4.98 Å². The van der Waals surface area contributed by atoms with Crippen LogP contribution < -0.4 is 5.32 Å². The van der Waals surface area contributed by atoms with Gasteiger partial charge in [0, 0.05) is 41.7 Å². The van der Waals surface area contributed by atoms with Crippen LogP contribution in [0.15, 0.2) is 49.3 Å². The number of anilines is 1. The summed E-state index contributed by atoms with van der Waals surface area (Å²) in [6.45, 7) is 3.75. The molecule has 6 aromatic heterocycles. The fraction of sp³-hybridized carbons (Fsp3) is 0.125. The summed E-state index contributed by atoms with van der Waals surface area (Å²) in [7, 11) is 0. The van der Waals surface area contributed by atoms with Crippen LogP contribution in [0.5, 0.6) is 0 Å². The minimum atomic E-state index is -0.0760. The third-order valence-electron chi connectivity index (χ3n) is 5.66. The monoisotopic (exact) mass is 464 g/mol. The molecule has 0 fully saturated rings. The van der Waals surface area contributed by atoms with Crippen molar-refractivity contribution in [3.63, 3.8) is 0 Å². The molecule has 6 aromatic rings. The molecule has 0 bridgehead atoms. The number of fused-ring (bicyclic) bond motifs is 2. The van der Waals surface area contributed by atoms with Crippen molar-refractivity contribution in [3.05, 3.63) is 55.0 Å². The van der Waals surface area contributed by atoms with Crippen LogP contribution in [0, 0.1) is 6.92 Å². The first-order chi connectivity index (χ1) is 17.1. The zero-order valence-electron chi connectivity index (χ0n) is 18.9. The number of hydrogen-bond acceptors (Lipinski definition) is 7. The number of amides is 1. The molecule has 0 unspecified atom stereocenters. The van der Waals surface area contributed by atoms with E-state index in [1.807, 2.05) is 19.1 Å². The number of aryl methyl sites for hydroxylation is 1. The minimum absolute atomic E-state index is 0.0760. The summed E-state index contributed by atoms with van der Waals surface area (Å²) < 4.78 is 0. The standard InChI is InChI=1S/C24H20N10O/c1-3-20(35)30-14-4-13(7-25-8-14)17-5-15-18(11-27-17)33-34-22(15)24-31-19-10-26-9-16(21(19)32-24)23-28-6-12(2)29-23/h4-11H,3H2,1-2H3,(H,28,29)(H,30,35)(H,31,32)(H,33,34). The second-order valence-corrected chi connectivity index (χ2v) is 8.13. The SMILES string of the molecule is CCC(=O)Nc1cncc(-c2cc3c(-c4nc5c(-c6ncc(C)[nH]6)cncc5[nH]4)n[nH]c3cn2)c1. The number of carbonyl (C=O) groups is 1. The number of carbonyl (C=O) groups excluding carboxylic acids is 1. The van der Waals surface area contributed by atoms with Gasteiger partial charge in [0.2, 0.25) is 5.91 Å². The van der Waals surface area contributed by atoms with Crippen LogP contribution in [0.3, 0.4) is 0 Å². The van der Waals surface area contributed by atoms with E-state index in [1.54, 1.807) is 44.1 Å². The highest BCUT2D eigenvalue weighted by molar-refractivity contribution is 5.97. The lowest BCUT2D eigenvalue weighted by molar-refractivity contribution is -0.115. The number of nitrogens with one attached hydrogen (secondary N) is 4. The predicted octanol–water partition coefficient (Wildman–Crippen LogP) is 4.01. The van der Waals surface area contributed by atoms with Gasteiger partial charge < -0.3 is 15.3 Å². The molecule has 0 saturated carbocycles. The van der Waals surface area contributed by atoms with E-state index < -0.39 is 0 Å². The summed E-state index contributed by atoms with van der Waals surface area (Å²) in [6.07, 6.45) is 10.7. The van der Waals surface area contributed by atoms with Gasteiger partial charge in [-0.2, -0.15) is 5.10 Å². The van der Waals surface area contributed by atoms with Gasteiger partial charge in [0.1, 0.15) is 17.0 Å². The van der Waals surface area contributed by atoms with E-state index in [-0.39, 0.29) is 5.91 Å². The third kappa shape index (κ3) is 3.68. The van der Waals surface area contributed by atoms with Crippen LogP contribution >= 0.6 is 0 Å². The Morgan fingerprint density at radius 1 is 0.943 bits per heavy atom. The normalized spacial score (nSPS) is 11.4. The van der Waals surface area contributed by atoms with Crippen molar-refractivity contribution in [2.45, 2.75) is 20.3 Å². The van der Waals surface area contributed by atoms with Crippen LogP contribution in [-0.4, -0.2) is 51.0 Å². The molecule has 0 aromatic carbocycles. The molecule has 35 heavy (non-hydrogen) atoms. The molecule has 0 aliphatic carbocycles. The fourth-order valence-electron chi connectivity index (χ4n) is 3.92. The molecule has 0 aliphatic heterocycles. The maximum absolute atomic E-state index is 11.8. The van der Waals surface area contributed by atoms with Gasteiger partial charge >= 0.3 is 0 Å². The maximum Gasteiger partial charge on any atom is 0.224 e. The Morgan fingerprint density at radius 3 is 2.66 bits per heavy atom. The molecule has 1 amide bonds. The van der Waals surface area contributed by atoms with Gasteiger partial charge in [-0.1, -0.05) is 6.92 Å². The lowest BCUT2D eigenvalue weighted by Gasteiger charge is -2.06. The van der Waals surface area contributed by atoms with Crippen molar-refractivity contribution < 1.29 is 4.79 Å². The zero-order chi connectivity index (χ0) is 23.9. The van der Waals surface area contributed by atoms with Gasteiger partial charge in [-0.25, -0.2) is 9.97 Å². The van der Waals surface area contributed by atoms with Gasteiger partial charge in [0.15, 0.2) is 5.82 Å². The first-order valence-electron chi connectivity index (χ1n) is 11.0. The molecule has 4 N–H and O–H groups in total. The predicted molar refractivity (Wildman–Crippen MR) is 131 cm³/mol. The van der Waals surface area contributed by atoms with E-state index >= 15 is 0 Å². The van der Waals surface area contributed by atoms with Crippen LogP contribution in [0.4, 0.5) is 5.69 Å². The quantitative estimate of drug-likeness (QED) is 0.301. The highest BCUT2D eigenvalue weighted by Gasteiger charge is 2.17. The maximum atomic E-state index is 11.8. The Morgan fingerprint density at radius 2 is 1.83 bits per heavy atom. The average Bonchev–Trinajstić information content (AvgIpc) is 3.61. The number of pyridine rings is 3. The van der Waals surface area contributed by atoms with E-state index in [1.165, 1.54) is 0 Å². The molecule has 0 atom stereocenters. The zero-order valence-corrected chi connectivity index (χ0v) is 18.9. The molecule has 6 heterocycles. The fourth-order valence-corrected chi connectivity index (χ4v) is 3.92. The number of aromatic nitrogens is 9. The third-order valence-corrected chi connectivity index (χ3v) is 5.66. The summed E-state index contributed by atoms with van der Waals surface area (Å²) in [5.74, 6) is 1.23. The average molecular weight is 464 g/mol. The van der Waals surface area contributed by atoms with E-state index in [2.05, 4.69) is 45.4 Å².